The molecule has 1 aliphatic carbocycles. The van der Waals surface area contributed by atoms with E-state index >= 15 is 0 Å². The summed E-state index contributed by atoms with van der Waals surface area (Å²) in [5, 5.41) is 3.80. The lowest BCUT2D eigenvalue weighted by Gasteiger charge is -2.13. The third-order valence-corrected chi connectivity index (χ3v) is 5.29. The topological polar surface area (TPSA) is 69.6 Å². The number of carbonyl (C=O) groups excluding carboxylic acids is 2. The zero-order chi connectivity index (χ0) is 20.2. The van der Waals surface area contributed by atoms with Gasteiger partial charge >= 0.3 is 12.1 Å². The van der Waals surface area contributed by atoms with Crippen molar-refractivity contribution < 1.29 is 19.1 Å². The largest absolute Gasteiger partial charge is 0.465 e. The van der Waals surface area contributed by atoms with Gasteiger partial charge in [-0.2, -0.15) is 0 Å². The van der Waals surface area contributed by atoms with Crippen molar-refractivity contribution in [3.05, 3.63) is 65.9 Å². The highest BCUT2D eigenvalue weighted by atomic mass is 16.6. The van der Waals surface area contributed by atoms with Crippen LogP contribution in [0.5, 0.6) is 0 Å². The van der Waals surface area contributed by atoms with E-state index in [2.05, 4.69) is 9.88 Å². The van der Waals surface area contributed by atoms with Gasteiger partial charge in [-0.05, 0) is 67.6 Å². The lowest BCUT2D eigenvalue weighted by atomic mass is 10.1. The summed E-state index contributed by atoms with van der Waals surface area (Å²) in [5.74, 6) is -0.345. The van der Waals surface area contributed by atoms with Crippen molar-refractivity contribution in [2.75, 3.05) is 12.4 Å². The first-order chi connectivity index (χ1) is 14.1. The van der Waals surface area contributed by atoms with Crippen molar-refractivity contribution >= 4 is 28.7 Å². The Hall–Kier alpha value is -3.28. The molecule has 6 nitrogen and oxygen atoms in total. The van der Waals surface area contributed by atoms with Gasteiger partial charge in [0.15, 0.2) is 0 Å². The Labute approximate surface area is 169 Å². The molecular weight excluding hydrogens is 368 g/mol. The highest BCUT2D eigenvalue weighted by Crippen LogP contribution is 2.23. The number of aromatic nitrogens is 1. The third kappa shape index (κ3) is 4.42. The van der Waals surface area contributed by atoms with E-state index in [4.69, 9.17) is 9.47 Å². The molecule has 0 unspecified atom stereocenters. The number of methoxy groups -OCH3 is 1. The fourth-order valence-electron chi connectivity index (χ4n) is 3.83. The Balaban J connectivity index is 1.46. The normalized spacial score (nSPS) is 14.1. The smallest absolute Gasteiger partial charge is 0.411 e. The van der Waals surface area contributed by atoms with Gasteiger partial charge in [0.25, 0.3) is 0 Å². The first kappa shape index (κ1) is 19.1. The number of carbonyl (C=O) groups is 2. The fourth-order valence-corrected chi connectivity index (χ4v) is 3.83. The zero-order valence-electron chi connectivity index (χ0n) is 16.4. The quantitative estimate of drug-likeness (QED) is 0.623. The van der Waals surface area contributed by atoms with Gasteiger partial charge in [0, 0.05) is 29.3 Å². The Morgan fingerprint density at radius 2 is 1.93 bits per heavy atom. The molecule has 6 heteroatoms. The molecule has 150 valence electrons. The van der Waals surface area contributed by atoms with Crippen molar-refractivity contribution in [2.24, 2.45) is 0 Å². The van der Waals surface area contributed by atoms with E-state index < -0.39 is 6.09 Å². The standard InChI is InChI=1S/C23H24N2O4/c1-28-22(26)18-9-10-21-17(14-18)11-12-25(21)15-16-5-4-6-19(13-16)24-23(27)29-20-7-2-3-8-20/h4-6,9-14,20H,2-3,7-8,15H2,1H3,(H,24,27). The third-order valence-electron chi connectivity index (χ3n) is 5.29. The van der Waals surface area contributed by atoms with Crippen LogP contribution in [0.4, 0.5) is 10.5 Å². The van der Waals surface area contributed by atoms with Crippen LogP contribution in [-0.4, -0.2) is 29.8 Å². The van der Waals surface area contributed by atoms with E-state index in [9.17, 15) is 9.59 Å². The number of esters is 1. The predicted molar refractivity (Wildman–Crippen MR) is 111 cm³/mol. The molecule has 1 saturated carbocycles. The summed E-state index contributed by atoms with van der Waals surface area (Å²) < 4.78 is 12.4. The van der Waals surface area contributed by atoms with Gasteiger partial charge in [0.05, 0.1) is 12.7 Å². The van der Waals surface area contributed by atoms with Crippen molar-refractivity contribution in [1.29, 1.82) is 0 Å². The fraction of sp³-hybridized carbons (Fsp3) is 0.304. The molecule has 1 N–H and O–H groups in total. The van der Waals surface area contributed by atoms with Crippen LogP contribution in [-0.2, 0) is 16.0 Å². The molecule has 1 aliphatic rings. The highest BCUT2D eigenvalue weighted by molar-refractivity contribution is 5.94. The Bertz CT molecular complexity index is 1030. The second kappa shape index (κ2) is 8.39. The Kier molecular flexibility index (Phi) is 5.51. The number of ether oxygens (including phenoxy) is 2. The van der Waals surface area contributed by atoms with E-state index in [-0.39, 0.29) is 12.1 Å². The van der Waals surface area contributed by atoms with E-state index in [0.717, 1.165) is 47.8 Å². The number of benzene rings is 2. The molecule has 1 amide bonds. The van der Waals surface area contributed by atoms with Gasteiger partial charge in [-0.25, -0.2) is 9.59 Å². The molecule has 29 heavy (non-hydrogen) atoms. The molecule has 0 atom stereocenters. The van der Waals surface area contributed by atoms with Gasteiger partial charge in [-0.15, -0.1) is 0 Å². The molecule has 4 rings (SSSR count). The maximum Gasteiger partial charge on any atom is 0.411 e. The number of anilines is 1. The molecule has 0 aliphatic heterocycles. The number of nitrogens with zero attached hydrogens (tertiary/aromatic N) is 1. The van der Waals surface area contributed by atoms with Crippen LogP contribution in [0.1, 0.15) is 41.6 Å². The van der Waals surface area contributed by atoms with Crippen molar-refractivity contribution in [3.63, 3.8) is 0 Å². The second-order valence-corrected chi connectivity index (χ2v) is 7.35. The molecule has 0 radical (unpaired) electrons. The number of nitrogens with one attached hydrogen (secondary N) is 1. The molecule has 1 fully saturated rings. The van der Waals surface area contributed by atoms with Gasteiger partial charge < -0.3 is 14.0 Å². The van der Waals surface area contributed by atoms with Crippen molar-refractivity contribution in [3.8, 4) is 0 Å². The first-order valence-electron chi connectivity index (χ1n) is 9.86. The summed E-state index contributed by atoms with van der Waals surface area (Å²) in [7, 11) is 1.38. The van der Waals surface area contributed by atoms with E-state index in [1.54, 1.807) is 6.07 Å². The van der Waals surface area contributed by atoms with Crippen LogP contribution in [0, 0.1) is 0 Å². The van der Waals surface area contributed by atoms with Crippen LogP contribution >= 0.6 is 0 Å². The number of hydrogen-bond donors (Lipinski definition) is 1. The van der Waals surface area contributed by atoms with Crippen LogP contribution in [0.15, 0.2) is 54.7 Å². The minimum Gasteiger partial charge on any atom is -0.465 e. The molecular formula is C23H24N2O4. The van der Waals surface area contributed by atoms with E-state index in [0.29, 0.717) is 12.1 Å². The average molecular weight is 392 g/mol. The molecule has 0 spiro atoms. The van der Waals surface area contributed by atoms with E-state index in [1.807, 2.05) is 48.7 Å². The Morgan fingerprint density at radius 1 is 1.10 bits per heavy atom. The minimum absolute atomic E-state index is 0.0410. The molecule has 0 saturated heterocycles. The van der Waals surface area contributed by atoms with E-state index in [1.165, 1.54) is 7.11 Å². The summed E-state index contributed by atoms with van der Waals surface area (Å²) in [5.41, 5.74) is 3.33. The van der Waals surface area contributed by atoms with Gasteiger partial charge in [0.1, 0.15) is 6.10 Å². The number of hydrogen-bond acceptors (Lipinski definition) is 4. The number of rotatable bonds is 5. The number of amides is 1. The maximum absolute atomic E-state index is 12.1. The highest BCUT2D eigenvalue weighted by Gasteiger charge is 2.19. The maximum atomic E-state index is 12.1. The molecule has 0 bridgehead atoms. The lowest BCUT2D eigenvalue weighted by Crippen LogP contribution is -2.20. The van der Waals surface area contributed by atoms with Gasteiger partial charge in [-0.3, -0.25) is 5.32 Å². The Morgan fingerprint density at radius 3 is 2.72 bits per heavy atom. The summed E-state index contributed by atoms with van der Waals surface area (Å²) in [4.78, 5) is 23.8. The second-order valence-electron chi connectivity index (χ2n) is 7.35. The van der Waals surface area contributed by atoms with Gasteiger partial charge in [0.2, 0.25) is 0 Å². The van der Waals surface area contributed by atoms with Crippen molar-refractivity contribution in [2.45, 2.75) is 38.3 Å². The summed E-state index contributed by atoms with van der Waals surface area (Å²) in [6, 6.07) is 15.2. The van der Waals surface area contributed by atoms with Crippen molar-refractivity contribution in [1.82, 2.24) is 4.57 Å². The summed E-state index contributed by atoms with van der Waals surface area (Å²) in [6.45, 7) is 0.647. The molecule has 3 aromatic rings. The molecule has 1 aromatic heterocycles. The lowest BCUT2D eigenvalue weighted by molar-refractivity contribution is 0.0601. The predicted octanol–water partition coefficient (Wildman–Crippen LogP) is 4.97. The van der Waals surface area contributed by atoms with Crippen LogP contribution in [0.3, 0.4) is 0 Å². The first-order valence-corrected chi connectivity index (χ1v) is 9.86. The van der Waals surface area contributed by atoms with Gasteiger partial charge in [-0.1, -0.05) is 12.1 Å². The van der Waals surface area contributed by atoms with Crippen LogP contribution in [0.2, 0.25) is 0 Å². The SMILES string of the molecule is COC(=O)c1ccc2c(ccn2Cc2cccc(NC(=O)OC3CCCC3)c2)c1. The minimum atomic E-state index is -0.393. The van der Waals surface area contributed by atoms with Crippen LogP contribution in [0.25, 0.3) is 10.9 Å². The number of fused-ring (bicyclic) bond motifs is 1. The zero-order valence-corrected chi connectivity index (χ0v) is 16.4. The molecule has 2 aromatic carbocycles. The monoisotopic (exact) mass is 392 g/mol. The van der Waals surface area contributed by atoms with Crippen LogP contribution < -0.4 is 5.32 Å². The average Bonchev–Trinajstić information content (AvgIpc) is 3.37. The summed E-state index contributed by atoms with van der Waals surface area (Å²) >= 11 is 0. The summed E-state index contributed by atoms with van der Waals surface area (Å²) in [6.07, 6.45) is 5.78. The molecule has 1 heterocycles.